The van der Waals surface area contributed by atoms with Gasteiger partial charge in [-0.15, -0.1) is 4.68 Å². The van der Waals surface area contributed by atoms with E-state index in [-0.39, 0.29) is 0 Å². The van der Waals surface area contributed by atoms with Gasteiger partial charge in [0, 0.05) is 6.92 Å². The number of nitrogen functional groups attached to an aromatic ring is 1. The molecule has 2 aromatic heterocycles. The monoisotopic (exact) mass is 305 g/mol. The lowest BCUT2D eigenvalue weighted by atomic mass is 10.1. The van der Waals surface area contributed by atoms with Crippen LogP contribution in [0.15, 0.2) is 42.5 Å². The third kappa shape index (κ3) is 1.69. The second-order valence-electron chi connectivity index (χ2n) is 6.24. The summed E-state index contributed by atoms with van der Waals surface area (Å²) < 4.78 is 6.26. The minimum absolute atomic E-state index is 1.03. The van der Waals surface area contributed by atoms with Gasteiger partial charge < -0.3 is 0 Å². The van der Waals surface area contributed by atoms with Crippen LogP contribution in [0.1, 0.15) is 17.0 Å². The Kier molecular flexibility index (Phi) is 2.79. The van der Waals surface area contributed by atoms with E-state index < -0.39 is 0 Å². The smallest absolute Gasteiger partial charge is 0.271 e. The van der Waals surface area contributed by atoms with Crippen LogP contribution in [0.4, 0.5) is 0 Å². The zero-order valence-electron chi connectivity index (χ0n) is 14.0. The highest BCUT2D eigenvalue weighted by Crippen LogP contribution is 2.32. The normalized spacial score (nSPS) is 11.7. The highest BCUT2D eigenvalue weighted by Gasteiger charge is 2.28. The zero-order chi connectivity index (χ0) is 16.3. The second kappa shape index (κ2) is 4.62. The third-order valence-corrected chi connectivity index (χ3v) is 4.88. The van der Waals surface area contributed by atoms with E-state index in [4.69, 9.17) is 5.84 Å². The van der Waals surface area contributed by atoms with Crippen molar-refractivity contribution in [1.29, 1.82) is 0 Å². The molecule has 0 unspecified atom stereocenters. The van der Waals surface area contributed by atoms with Crippen LogP contribution in [-0.4, -0.2) is 9.24 Å². The number of hydrogen-bond acceptors (Lipinski definition) is 1. The van der Waals surface area contributed by atoms with Crippen LogP contribution in [0.3, 0.4) is 0 Å². The topological polar surface area (TPSA) is 39.8 Å². The average Bonchev–Trinajstić information content (AvgIpc) is 2.98. The summed E-state index contributed by atoms with van der Waals surface area (Å²) in [5, 5.41) is 1.22. The fraction of sp³-hybridized carbons (Fsp3) is 0.211. The van der Waals surface area contributed by atoms with Crippen molar-refractivity contribution in [3.63, 3.8) is 0 Å². The third-order valence-electron chi connectivity index (χ3n) is 4.88. The summed E-state index contributed by atoms with van der Waals surface area (Å²) in [6.45, 7) is 6.35. The first-order chi connectivity index (χ1) is 11.0. The molecule has 2 aromatic carbocycles. The number of hydrogen-bond donors (Lipinski definition) is 1. The van der Waals surface area contributed by atoms with Crippen LogP contribution < -0.4 is 10.4 Å². The Morgan fingerprint density at radius 2 is 1.57 bits per heavy atom. The molecule has 0 aliphatic heterocycles. The Labute approximate surface area is 135 Å². The lowest BCUT2D eigenvalue weighted by Crippen LogP contribution is -2.32. The molecule has 0 amide bonds. The van der Waals surface area contributed by atoms with Gasteiger partial charge in [-0.2, -0.15) is 0 Å². The molecule has 116 valence electrons. The van der Waals surface area contributed by atoms with Crippen molar-refractivity contribution in [2.24, 2.45) is 7.05 Å². The number of nitrogens with two attached hydrogens (primary N) is 1. The maximum Gasteiger partial charge on any atom is 0.278 e. The van der Waals surface area contributed by atoms with Crippen molar-refractivity contribution in [3.8, 4) is 5.69 Å². The number of nitrogens with zero attached hydrogens (tertiary/aromatic N) is 3. The molecule has 0 atom stereocenters. The molecule has 4 nitrogen and oxygen atoms in total. The minimum Gasteiger partial charge on any atom is -0.271 e. The molecule has 0 spiro atoms. The van der Waals surface area contributed by atoms with Crippen molar-refractivity contribution in [2.75, 3.05) is 5.84 Å². The minimum atomic E-state index is 1.03. The van der Waals surface area contributed by atoms with Crippen LogP contribution in [0.25, 0.3) is 27.8 Å². The van der Waals surface area contributed by atoms with Gasteiger partial charge in [-0.05, 0) is 37.1 Å². The maximum absolute atomic E-state index is 6.42. The van der Waals surface area contributed by atoms with E-state index in [2.05, 4.69) is 72.5 Å². The van der Waals surface area contributed by atoms with Gasteiger partial charge in [0.25, 0.3) is 11.5 Å². The van der Waals surface area contributed by atoms with E-state index in [0.717, 1.165) is 11.5 Å². The Bertz CT molecular complexity index is 1050. The lowest BCUT2D eigenvalue weighted by molar-refractivity contribution is -0.651. The van der Waals surface area contributed by atoms with Crippen LogP contribution >= 0.6 is 0 Å². The summed E-state index contributed by atoms with van der Waals surface area (Å²) in [6.07, 6.45) is 0. The Morgan fingerprint density at radius 1 is 0.913 bits per heavy atom. The number of aryl methyl sites for hydroxylation is 3. The summed E-state index contributed by atoms with van der Waals surface area (Å²) >= 11 is 0. The van der Waals surface area contributed by atoms with Crippen molar-refractivity contribution in [3.05, 3.63) is 59.4 Å². The van der Waals surface area contributed by atoms with E-state index in [9.17, 15) is 0 Å². The average molecular weight is 305 g/mol. The van der Waals surface area contributed by atoms with Crippen LogP contribution in [0.5, 0.6) is 0 Å². The molecule has 2 heterocycles. The van der Waals surface area contributed by atoms with Gasteiger partial charge in [0.2, 0.25) is 5.52 Å². The molecule has 0 saturated carbocycles. The highest BCUT2D eigenvalue weighted by molar-refractivity contribution is 6.04. The predicted molar refractivity (Wildman–Crippen MR) is 94.3 cm³/mol. The molecule has 0 aliphatic rings. The largest absolute Gasteiger partial charge is 0.278 e. The maximum atomic E-state index is 6.42. The molecule has 4 rings (SSSR count). The highest BCUT2D eigenvalue weighted by atomic mass is 15.4. The standard InChI is InChI=1S/C19H21N4/c1-12-8-7-9-13(2)17(12)22-16-11-6-5-10-15(16)18-19(22)23(20)14(3)21(18)4/h5-11H,20H2,1-4H3/q+1. The summed E-state index contributed by atoms with van der Waals surface area (Å²) in [5.41, 5.74) is 7.09. The lowest BCUT2D eigenvalue weighted by Gasteiger charge is -2.12. The first-order valence-electron chi connectivity index (χ1n) is 7.84. The number of fused-ring (bicyclic) bond motifs is 3. The summed E-state index contributed by atoms with van der Waals surface area (Å²) in [4.78, 5) is 0. The molecule has 0 aliphatic carbocycles. The quantitative estimate of drug-likeness (QED) is 0.426. The van der Waals surface area contributed by atoms with Crippen molar-refractivity contribution in [2.45, 2.75) is 20.8 Å². The molecule has 4 heteroatoms. The number of para-hydroxylation sites is 2. The molecule has 0 fully saturated rings. The molecule has 0 radical (unpaired) electrons. The molecular weight excluding hydrogens is 284 g/mol. The number of rotatable bonds is 1. The Balaban J connectivity index is 2.32. The molecule has 0 bridgehead atoms. The van der Waals surface area contributed by atoms with E-state index >= 15 is 0 Å². The van der Waals surface area contributed by atoms with E-state index in [1.165, 1.54) is 33.2 Å². The summed E-state index contributed by atoms with van der Waals surface area (Å²) in [6, 6.07) is 14.9. The van der Waals surface area contributed by atoms with Gasteiger partial charge in [-0.3, -0.25) is 10.4 Å². The van der Waals surface area contributed by atoms with Gasteiger partial charge in [-0.1, -0.05) is 30.3 Å². The van der Waals surface area contributed by atoms with Crippen molar-refractivity contribution < 1.29 is 4.57 Å². The Hall–Kier alpha value is -2.75. The molecule has 23 heavy (non-hydrogen) atoms. The first kappa shape index (κ1) is 13.9. The summed E-state index contributed by atoms with van der Waals surface area (Å²) in [7, 11) is 2.07. The van der Waals surface area contributed by atoms with E-state index in [1.807, 2.05) is 6.92 Å². The van der Waals surface area contributed by atoms with Gasteiger partial charge in [0.1, 0.15) is 0 Å². The van der Waals surface area contributed by atoms with Gasteiger partial charge in [0.05, 0.1) is 23.6 Å². The Morgan fingerprint density at radius 3 is 2.26 bits per heavy atom. The number of imidazole rings is 1. The van der Waals surface area contributed by atoms with Gasteiger partial charge in [-0.25, -0.2) is 4.57 Å². The molecule has 0 saturated heterocycles. The van der Waals surface area contributed by atoms with Crippen molar-refractivity contribution >= 4 is 22.1 Å². The van der Waals surface area contributed by atoms with Crippen LogP contribution in [0, 0.1) is 20.8 Å². The second-order valence-corrected chi connectivity index (χ2v) is 6.24. The predicted octanol–water partition coefficient (Wildman–Crippen LogP) is 3.05. The van der Waals surface area contributed by atoms with E-state index in [0.29, 0.717) is 0 Å². The van der Waals surface area contributed by atoms with Crippen molar-refractivity contribution in [1.82, 2.24) is 9.24 Å². The van der Waals surface area contributed by atoms with Crippen LogP contribution in [-0.2, 0) is 7.05 Å². The van der Waals surface area contributed by atoms with Crippen LogP contribution in [0.2, 0.25) is 0 Å². The fourth-order valence-electron chi connectivity index (χ4n) is 3.62. The molecular formula is C19H21N4+. The molecule has 2 N–H and O–H groups in total. The molecule has 4 aromatic rings. The SMILES string of the molecule is Cc1cccc(C)c1-n1c2ccccc2c2c1n(N)c(C)[n+]2C. The fourth-order valence-corrected chi connectivity index (χ4v) is 3.62. The van der Waals surface area contributed by atoms with Gasteiger partial charge >= 0.3 is 0 Å². The summed E-state index contributed by atoms with van der Waals surface area (Å²) in [5.74, 6) is 7.44. The zero-order valence-corrected chi connectivity index (χ0v) is 14.0. The van der Waals surface area contributed by atoms with Gasteiger partial charge in [0.15, 0.2) is 0 Å². The first-order valence-corrected chi connectivity index (χ1v) is 7.84. The van der Waals surface area contributed by atoms with E-state index in [1.54, 1.807) is 4.68 Å². The number of aromatic nitrogens is 3. The number of benzene rings is 2.